The van der Waals surface area contributed by atoms with Gasteiger partial charge in [-0.05, 0) is 31.0 Å². The average Bonchev–Trinajstić information content (AvgIpc) is 2.32. The van der Waals surface area contributed by atoms with E-state index in [1.807, 2.05) is 19.9 Å². The summed E-state index contributed by atoms with van der Waals surface area (Å²) in [6.07, 6.45) is 1.05. The van der Waals surface area contributed by atoms with Gasteiger partial charge in [0.1, 0.15) is 0 Å². The van der Waals surface area contributed by atoms with Gasteiger partial charge in [-0.3, -0.25) is 9.59 Å². The Hall–Kier alpha value is -1.36. The van der Waals surface area contributed by atoms with Gasteiger partial charge in [-0.2, -0.15) is 0 Å². The molecule has 0 aromatic heterocycles. The van der Waals surface area contributed by atoms with Gasteiger partial charge in [-0.15, -0.1) is 0 Å². The number of hydrogen-bond acceptors (Lipinski definition) is 3. The summed E-state index contributed by atoms with van der Waals surface area (Å²) in [7, 11) is 0. The summed E-state index contributed by atoms with van der Waals surface area (Å²) in [6, 6.07) is 5.50. The Morgan fingerprint density at radius 2 is 2.11 bits per heavy atom. The highest BCUT2D eigenvalue weighted by Crippen LogP contribution is 2.20. The summed E-state index contributed by atoms with van der Waals surface area (Å²) in [5.41, 5.74) is 1.76. The molecule has 0 aliphatic heterocycles. The van der Waals surface area contributed by atoms with Gasteiger partial charge in [0.15, 0.2) is 6.61 Å². The van der Waals surface area contributed by atoms with Crippen molar-refractivity contribution in [3.8, 4) is 0 Å². The van der Waals surface area contributed by atoms with E-state index in [2.05, 4.69) is 21.2 Å². The molecule has 4 nitrogen and oxygen atoms in total. The zero-order valence-corrected chi connectivity index (χ0v) is 12.0. The predicted molar refractivity (Wildman–Crippen MR) is 73.4 cm³/mol. The Bertz CT molecular complexity index is 446. The van der Waals surface area contributed by atoms with Crippen LogP contribution in [0.5, 0.6) is 0 Å². The molecule has 0 radical (unpaired) electrons. The third kappa shape index (κ3) is 4.87. The van der Waals surface area contributed by atoms with Crippen molar-refractivity contribution in [3.05, 3.63) is 28.2 Å². The number of hydrogen-bond donors (Lipinski definition) is 1. The third-order valence-electron chi connectivity index (χ3n) is 2.27. The highest BCUT2D eigenvalue weighted by atomic mass is 79.9. The van der Waals surface area contributed by atoms with Crippen molar-refractivity contribution in [1.29, 1.82) is 0 Å². The summed E-state index contributed by atoms with van der Waals surface area (Å²) < 4.78 is 5.73. The number of aryl methyl sites for hydroxylation is 1. The molecular weight excluding hydrogens is 298 g/mol. The molecule has 0 aliphatic carbocycles. The van der Waals surface area contributed by atoms with Crippen LogP contribution in [0.1, 0.15) is 25.3 Å². The molecule has 0 fully saturated rings. The fraction of sp³-hybridized carbons (Fsp3) is 0.385. The topological polar surface area (TPSA) is 55.4 Å². The van der Waals surface area contributed by atoms with Crippen LogP contribution in [0.4, 0.5) is 5.69 Å². The summed E-state index contributed by atoms with van der Waals surface area (Å²) in [5.74, 6) is -0.687. The number of carbonyl (C=O) groups excluding carboxylic acids is 2. The Labute approximate surface area is 115 Å². The number of anilines is 1. The van der Waals surface area contributed by atoms with Crippen molar-refractivity contribution in [3.63, 3.8) is 0 Å². The molecule has 1 aromatic rings. The zero-order chi connectivity index (χ0) is 13.5. The lowest BCUT2D eigenvalue weighted by Crippen LogP contribution is -2.20. The summed E-state index contributed by atoms with van der Waals surface area (Å²) >= 11 is 3.38. The number of carbonyl (C=O) groups is 2. The van der Waals surface area contributed by atoms with Crippen LogP contribution in [0.3, 0.4) is 0 Å². The largest absolute Gasteiger partial charge is 0.456 e. The molecule has 0 atom stereocenters. The number of benzene rings is 1. The second-order valence-electron chi connectivity index (χ2n) is 3.92. The smallest absolute Gasteiger partial charge is 0.306 e. The lowest BCUT2D eigenvalue weighted by Gasteiger charge is -2.07. The monoisotopic (exact) mass is 313 g/mol. The summed E-state index contributed by atoms with van der Waals surface area (Å²) in [4.78, 5) is 22.6. The summed E-state index contributed by atoms with van der Waals surface area (Å²) in [6.45, 7) is 3.59. The van der Waals surface area contributed by atoms with Gasteiger partial charge in [0.25, 0.3) is 5.91 Å². The van der Waals surface area contributed by atoms with E-state index in [4.69, 9.17) is 4.74 Å². The lowest BCUT2D eigenvalue weighted by molar-refractivity contribution is -0.147. The number of rotatable bonds is 5. The number of halogens is 1. The van der Waals surface area contributed by atoms with Crippen molar-refractivity contribution in [1.82, 2.24) is 0 Å². The van der Waals surface area contributed by atoms with Gasteiger partial charge in [0, 0.05) is 16.6 Å². The first-order valence-corrected chi connectivity index (χ1v) is 6.54. The van der Waals surface area contributed by atoms with E-state index < -0.39 is 0 Å². The Morgan fingerprint density at radius 3 is 2.72 bits per heavy atom. The molecule has 0 spiro atoms. The minimum absolute atomic E-state index is 0.246. The van der Waals surface area contributed by atoms with E-state index in [9.17, 15) is 9.59 Å². The van der Waals surface area contributed by atoms with E-state index in [1.54, 1.807) is 12.1 Å². The van der Waals surface area contributed by atoms with Crippen molar-refractivity contribution < 1.29 is 14.3 Å². The van der Waals surface area contributed by atoms with Crippen LogP contribution < -0.4 is 5.32 Å². The van der Waals surface area contributed by atoms with Crippen molar-refractivity contribution in [2.24, 2.45) is 0 Å². The fourth-order valence-electron chi connectivity index (χ4n) is 1.29. The first-order valence-electron chi connectivity index (χ1n) is 5.74. The maximum atomic E-state index is 11.5. The predicted octanol–water partition coefficient (Wildman–Crippen LogP) is 3.04. The molecule has 1 aromatic carbocycles. The van der Waals surface area contributed by atoms with Crippen LogP contribution >= 0.6 is 15.9 Å². The molecule has 0 aliphatic rings. The van der Waals surface area contributed by atoms with Gasteiger partial charge >= 0.3 is 5.97 Å². The van der Waals surface area contributed by atoms with Gasteiger partial charge in [-0.25, -0.2) is 0 Å². The quantitative estimate of drug-likeness (QED) is 0.850. The molecule has 18 heavy (non-hydrogen) atoms. The first kappa shape index (κ1) is 14.7. The van der Waals surface area contributed by atoms with E-state index in [-0.39, 0.29) is 18.5 Å². The Morgan fingerprint density at radius 1 is 1.39 bits per heavy atom. The molecular formula is C13H16BrNO3. The molecule has 0 unspecified atom stereocenters. The fourth-order valence-corrected chi connectivity index (χ4v) is 1.67. The van der Waals surface area contributed by atoms with E-state index in [1.165, 1.54) is 0 Å². The summed E-state index contributed by atoms with van der Waals surface area (Å²) in [5, 5.41) is 2.66. The van der Waals surface area contributed by atoms with Gasteiger partial charge < -0.3 is 10.1 Å². The molecule has 1 N–H and O–H groups in total. The highest BCUT2D eigenvalue weighted by molar-refractivity contribution is 9.10. The van der Waals surface area contributed by atoms with Crippen LogP contribution in [-0.4, -0.2) is 18.5 Å². The minimum atomic E-state index is -0.349. The van der Waals surface area contributed by atoms with E-state index >= 15 is 0 Å². The van der Waals surface area contributed by atoms with Crippen molar-refractivity contribution >= 4 is 33.5 Å². The second-order valence-corrected chi connectivity index (χ2v) is 4.78. The number of esters is 1. The molecule has 0 saturated heterocycles. The molecule has 0 bridgehead atoms. The van der Waals surface area contributed by atoms with E-state index in [0.717, 1.165) is 10.0 Å². The number of amides is 1. The third-order valence-corrected chi connectivity index (χ3v) is 3.13. The maximum absolute atomic E-state index is 11.5. The van der Waals surface area contributed by atoms with Crippen LogP contribution in [0, 0.1) is 6.92 Å². The number of ether oxygens (including phenoxy) is 1. The SMILES string of the molecule is CCCC(=O)OCC(=O)Nc1ccc(C)c(Br)c1. The molecule has 0 heterocycles. The molecule has 98 valence electrons. The first-order chi connectivity index (χ1) is 8.52. The van der Waals surface area contributed by atoms with Gasteiger partial charge in [-0.1, -0.05) is 28.9 Å². The van der Waals surface area contributed by atoms with Crippen molar-refractivity contribution in [2.45, 2.75) is 26.7 Å². The Balaban J connectivity index is 2.44. The normalized spacial score (nSPS) is 9.94. The number of nitrogens with one attached hydrogen (secondary N) is 1. The van der Waals surface area contributed by atoms with Gasteiger partial charge in [0.2, 0.25) is 0 Å². The molecule has 0 saturated carbocycles. The highest BCUT2D eigenvalue weighted by Gasteiger charge is 2.07. The second kappa shape index (κ2) is 7.16. The van der Waals surface area contributed by atoms with Crippen LogP contribution in [0.15, 0.2) is 22.7 Å². The molecule has 1 rings (SSSR count). The molecule has 5 heteroatoms. The lowest BCUT2D eigenvalue weighted by atomic mass is 10.2. The zero-order valence-electron chi connectivity index (χ0n) is 10.5. The average molecular weight is 314 g/mol. The van der Waals surface area contributed by atoms with Crippen LogP contribution in [-0.2, 0) is 14.3 Å². The van der Waals surface area contributed by atoms with Crippen molar-refractivity contribution in [2.75, 3.05) is 11.9 Å². The maximum Gasteiger partial charge on any atom is 0.306 e. The standard InChI is InChI=1S/C13H16BrNO3/c1-3-4-13(17)18-8-12(16)15-10-6-5-9(2)11(14)7-10/h5-7H,3-4,8H2,1-2H3,(H,15,16). The minimum Gasteiger partial charge on any atom is -0.456 e. The van der Waals surface area contributed by atoms with Crippen LogP contribution in [0.25, 0.3) is 0 Å². The van der Waals surface area contributed by atoms with Gasteiger partial charge in [0.05, 0.1) is 0 Å². The Kier molecular flexibility index (Phi) is 5.85. The molecule has 1 amide bonds. The van der Waals surface area contributed by atoms with Crippen LogP contribution in [0.2, 0.25) is 0 Å². The van der Waals surface area contributed by atoms with E-state index in [0.29, 0.717) is 18.5 Å².